The quantitative estimate of drug-likeness (QED) is 0.270. The Hall–Kier alpha value is -3.33. The van der Waals surface area contributed by atoms with Crippen LogP contribution in [-0.4, -0.2) is 21.9 Å². The third kappa shape index (κ3) is 5.28. The molecule has 3 heteroatoms. The first-order chi connectivity index (χ1) is 15.6. The number of aryl methyl sites for hydroxylation is 1. The molecule has 1 aromatic heterocycles. The van der Waals surface area contributed by atoms with Crippen molar-refractivity contribution < 1.29 is 4.79 Å². The van der Waals surface area contributed by atoms with Gasteiger partial charge >= 0.3 is 0 Å². The zero-order valence-corrected chi connectivity index (χ0v) is 19.1. The second kappa shape index (κ2) is 10.3. The Kier molecular flexibility index (Phi) is 7.06. The van der Waals surface area contributed by atoms with Gasteiger partial charge in [-0.1, -0.05) is 79.9 Å². The van der Waals surface area contributed by atoms with Crippen LogP contribution in [0.5, 0.6) is 0 Å². The number of hydrogen-bond donors (Lipinski definition) is 0. The lowest BCUT2D eigenvalue weighted by Gasteiger charge is -2.24. The first kappa shape index (κ1) is 21.9. The maximum Gasteiger partial charge on any atom is 0.254 e. The van der Waals surface area contributed by atoms with Crippen molar-refractivity contribution in [3.05, 3.63) is 107 Å². The van der Waals surface area contributed by atoms with E-state index in [2.05, 4.69) is 73.1 Å². The number of carbonyl (C=O) groups is 1. The predicted molar refractivity (Wildman–Crippen MR) is 133 cm³/mol. The molecule has 3 aromatic carbocycles. The molecular formula is C29H32N2O. The van der Waals surface area contributed by atoms with E-state index in [-0.39, 0.29) is 5.91 Å². The molecule has 0 aliphatic heterocycles. The number of aromatic nitrogens is 1. The first-order valence-corrected chi connectivity index (χ1v) is 11.6. The smallest absolute Gasteiger partial charge is 0.254 e. The van der Waals surface area contributed by atoms with Crippen LogP contribution in [0.1, 0.15) is 53.4 Å². The second-order valence-corrected chi connectivity index (χ2v) is 8.61. The van der Waals surface area contributed by atoms with Gasteiger partial charge in [0.05, 0.1) is 6.54 Å². The normalized spacial score (nSPS) is 11.1. The maximum atomic E-state index is 13.5. The average Bonchev–Trinajstić information content (AvgIpc) is 3.24. The van der Waals surface area contributed by atoms with Gasteiger partial charge in [-0.05, 0) is 53.9 Å². The summed E-state index contributed by atoms with van der Waals surface area (Å²) in [7, 11) is 0. The molecule has 0 bridgehead atoms. The molecule has 0 radical (unpaired) electrons. The summed E-state index contributed by atoms with van der Waals surface area (Å²) in [6, 6.07) is 27.1. The molecule has 1 amide bonds. The minimum absolute atomic E-state index is 0.107. The molecule has 0 saturated heterocycles. The Morgan fingerprint density at radius 3 is 2.53 bits per heavy atom. The Morgan fingerprint density at radius 1 is 0.875 bits per heavy atom. The van der Waals surface area contributed by atoms with Crippen molar-refractivity contribution in [3.8, 4) is 0 Å². The molecular weight excluding hydrogens is 392 g/mol. The topological polar surface area (TPSA) is 25.2 Å². The number of rotatable bonds is 9. The van der Waals surface area contributed by atoms with Crippen LogP contribution < -0.4 is 0 Å². The maximum absolute atomic E-state index is 13.5. The molecule has 0 unspecified atom stereocenters. The van der Waals surface area contributed by atoms with Gasteiger partial charge in [0.2, 0.25) is 0 Å². The van der Waals surface area contributed by atoms with Crippen molar-refractivity contribution in [2.24, 2.45) is 0 Å². The molecule has 0 atom stereocenters. The Balaban J connectivity index is 1.56. The molecule has 0 saturated carbocycles. The second-order valence-electron chi connectivity index (χ2n) is 8.61. The molecule has 0 N–H and O–H groups in total. The Bertz CT molecular complexity index is 1190. The summed E-state index contributed by atoms with van der Waals surface area (Å²) in [5, 5.41) is 2.27. The number of unbranched alkanes of at least 4 members (excludes halogenated alkanes) is 2. The molecule has 0 spiro atoms. The van der Waals surface area contributed by atoms with E-state index in [1.807, 2.05) is 35.2 Å². The van der Waals surface area contributed by atoms with Crippen molar-refractivity contribution in [1.82, 2.24) is 9.47 Å². The third-order valence-corrected chi connectivity index (χ3v) is 6.03. The van der Waals surface area contributed by atoms with Gasteiger partial charge in [0, 0.05) is 30.5 Å². The minimum atomic E-state index is 0.107. The lowest BCUT2D eigenvalue weighted by atomic mass is 10.1. The van der Waals surface area contributed by atoms with Gasteiger partial charge in [-0.15, -0.1) is 0 Å². The number of benzene rings is 3. The van der Waals surface area contributed by atoms with Crippen LogP contribution in [0.3, 0.4) is 0 Å². The zero-order valence-electron chi connectivity index (χ0n) is 19.1. The van der Waals surface area contributed by atoms with Gasteiger partial charge in [-0.3, -0.25) is 4.79 Å². The van der Waals surface area contributed by atoms with Crippen LogP contribution >= 0.6 is 0 Å². The summed E-state index contributed by atoms with van der Waals surface area (Å²) in [5.41, 5.74) is 4.47. The molecule has 0 aliphatic rings. The predicted octanol–water partition coefficient (Wildman–Crippen LogP) is 6.83. The van der Waals surface area contributed by atoms with Gasteiger partial charge in [-0.2, -0.15) is 0 Å². The van der Waals surface area contributed by atoms with Crippen molar-refractivity contribution in [1.29, 1.82) is 0 Å². The van der Waals surface area contributed by atoms with E-state index in [1.165, 1.54) is 11.1 Å². The summed E-state index contributed by atoms with van der Waals surface area (Å²) in [6.07, 6.45) is 5.41. The number of amides is 1. The van der Waals surface area contributed by atoms with E-state index < -0.39 is 0 Å². The lowest BCUT2D eigenvalue weighted by molar-refractivity contribution is 0.0736. The van der Waals surface area contributed by atoms with Gasteiger partial charge in [0.25, 0.3) is 5.91 Å². The van der Waals surface area contributed by atoms with E-state index in [0.717, 1.165) is 54.4 Å². The van der Waals surface area contributed by atoms with Crippen LogP contribution in [-0.2, 0) is 13.1 Å². The van der Waals surface area contributed by atoms with Crippen LogP contribution in [0.4, 0.5) is 0 Å². The summed E-state index contributed by atoms with van der Waals surface area (Å²) in [6.45, 7) is 6.53. The number of nitrogens with zero attached hydrogens (tertiary/aromatic N) is 2. The van der Waals surface area contributed by atoms with Gasteiger partial charge < -0.3 is 9.47 Å². The molecule has 1 heterocycles. The van der Waals surface area contributed by atoms with Crippen LogP contribution in [0, 0.1) is 6.92 Å². The summed E-state index contributed by atoms with van der Waals surface area (Å²) < 4.78 is 2.26. The van der Waals surface area contributed by atoms with Gasteiger partial charge in [0.1, 0.15) is 0 Å². The molecule has 3 nitrogen and oxygen atoms in total. The molecule has 4 rings (SSSR count). The first-order valence-electron chi connectivity index (χ1n) is 11.6. The largest absolute Gasteiger partial charge is 0.345 e. The molecule has 0 aliphatic carbocycles. The fourth-order valence-electron chi connectivity index (χ4n) is 4.26. The van der Waals surface area contributed by atoms with Crippen LogP contribution in [0.25, 0.3) is 10.8 Å². The molecule has 4 aromatic rings. The SMILES string of the molecule is CCCCCN(Cc1cccn1Cc1cccc(C)c1)C(=O)c1ccc2ccccc2c1. The van der Waals surface area contributed by atoms with E-state index in [0.29, 0.717) is 6.54 Å². The van der Waals surface area contributed by atoms with Gasteiger partial charge in [-0.25, -0.2) is 0 Å². The summed E-state index contributed by atoms with van der Waals surface area (Å²) in [4.78, 5) is 15.6. The highest BCUT2D eigenvalue weighted by molar-refractivity contribution is 5.98. The number of carbonyl (C=O) groups excluding carboxylic acids is 1. The standard InChI is InChI=1S/C29H32N2O/c1-3-4-7-17-31(29(32)27-16-15-25-12-5-6-13-26(25)20-27)22-28-14-9-18-30(28)21-24-11-8-10-23(2)19-24/h5-6,8-16,18-20H,3-4,7,17,21-22H2,1-2H3. The van der Waals surface area contributed by atoms with Crippen molar-refractivity contribution in [3.63, 3.8) is 0 Å². The van der Waals surface area contributed by atoms with Crippen molar-refractivity contribution in [2.45, 2.75) is 46.2 Å². The molecule has 164 valence electrons. The van der Waals surface area contributed by atoms with Crippen LogP contribution in [0.15, 0.2) is 85.1 Å². The van der Waals surface area contributed by atoms with E-state index in [9.17, 15) is 4.79 Å². The summed E-state index contributed by atoms with van der Waals surface area (Å²) in [5.74, 6) is 0.107. The van der Waals surface area contributed by atoms with E-state index in [4.69, 9.17) is 0 Å². The average molecular weight is 425 g/mol. The van der Waals surface area contributed by atoms with Gasteiger partial charge in [0.15, 0.2) is 0 Å². The van der Waals surface area contributed by atoms with E-state index >= 15 is 0 Å². The molecule has 32 heavy (non-hydrogen) atoms. The highest BCUT2D eigenvalue weighted by Gasteiger charge is 2.18. The Morgan fingerprint density at radius 2 is 1.72 bits per heavy atom. The minimum Gasteiger partial charge on any atom is -0.345 e. The highest BCUT2D eigenvalue weighted by Crippen LogP contribution is 2.19. The zero-order chi connectivity index (χ0) is 22.3. The highest BCUT2D eigenvalue weighted by atomic mass is 16.2. The molecule has 0 fully saturated rings. The fourth-order valence-corrected chi connectivity index (χ4v) is 4.26. The number of hydrogen-bond acceptors (Lipinski definition) is 1. The fraction of sp³-hybridized carbons (Fsp3) is 0.276. The van der Waals surface area contributed by atoms with Crippen molar-refractivity contribution >= 4 is 16.7 Å². The summed E-state index contributed by atoms with van der Waals surface area (Å²) >= 11 is 0. The number of fused-ring (bicyclic) bond motifs is 1. The Labute approximate surface area is 191 Å². The van der Waals surface area contributed by atoms with E-state index in [1.54, 1.807) is 0 Å². The monoisotopic (exact) mass is 424 g/mol. The van der Waals surface area contributed by atoms with Crippen molar-refractivity contribution in [2.75, 3.05) is 6.54 Å². The van der Waals surface area contributed by atoms with Crippen LogP contribution in [0.2, 0.25) is 0 Å². The lowest BCUT2D eigenvalue weighted by Crippen LogP contribution is -2.32. The third-order valence-electron chi connectivity index (χ3n) is 6.03.